The Morgan fingerprint density at radius 2 is 1.06 bits per heavy atom. The summed E-state index contributed by atoms with van der Waals surface area (Å²) in [6.45, 7) is 0. The number of aromatic nitrogens is 3. The summed E-state index contributed by atoms with van der Waals surface area (Å²) >= 11 is 1.86. The Morgan fingerprint density at radius 1 is 0.417 bits per heavy atom. The van der Waals surface area contributed by atoms with E-state index in [1.165, 1.54) is 30.9 Å². The maximum Gasteiger partial charge on any atom is 0.164 e. The van der Waals surface area contributed by atoms with Crippen LogP contribution in [0.1, 0.15) is 0 Å². The molecule has 0 amide bonds. The zero-order valence-electron chi connectivity index (χ0n) is 25.6. The first-order valence-corrected chi connectivity index (χ1v) is 16.8. The number of nitrogens with zero attached hydrogens (tertiary/aromatic N) is 3. The number of thiophene rings is 1. The Bertz CT molecular complexity index is 2780. The van der Waals surface area contributed by atoms with Gasteiger partial charge in [-0.25, -0.2) is 15.0 Å². The Labute approximate surface area is 279 Å². The Morgan fingerprint density at radius 3 is 1.85 bits per heavy atom. The van der Waals surface area contributed by atoms with Crippen LogP contribution in [-0.2, 0) is 0 Å². The Balaban J connectivity index is 1.13. The van der Waals surface area contributed by atoms with Gasteiger partial charge in [0.25, 0.3) is 0 Å². The average Bonchev–Trinajstić information content (AvgIpc) is 3.73. The quantitative estimate of drug-likeness (QED) is 0.194. The minimum absolute atomic E-state index is 0.613. The van der Waals surface area contributed by atoms with E-state index < -0.39 is 0 Å². The molecule has 48 heavy (non-hydrogen) atoms. The third-order valence-corrected chi connectivity index (χ3v) is 10.4. The minimum atomic E-state index is 0.613. The van der Waals surface area contributed by atoms with Crippen molar-refractivity contribution in [1.29, 1.82) is 0 Å². The van der Waals surface area contributed by atoms with E-state index >= 15 is 0 Å². The van der Waals surface area contributed by atoms with E-state index in [0.29, 0.717) is 17.5 Å². The van der Waals surface area contributed by atoms with Gasteiger partial charge >= 0.3 is 0 Å². The predicted molar refractivity (Wildman–Crippen MR) is 199 cm³/mol. The molecule has 10 aromatic rings. The van der Waals surface area contributed by atoms with Gasteiger partial charge in [0.05, 0.1) is 0 Å². The van der Waals surface area contributed by atoms with Gasteiger partial charge in [0.1, 0.15) is 11.2 Å². The van der Waals surface area contributed by atoms with E-state index in [0.717, 1.165) is 49.8 Å². The first-order chi connectivity index (χ1) is 23.8. The van der Waals surface area contributed by atoms with Crippen molar-refractivity contribution in [1.82, 2.24) is 15.0 Å². The largest absolute Gasteiger partial charge is 0.456 e. The number of furan rings is 1. The topological polar surface area (TPSA) is 51.8 Å². The third-order valence-electron chi connectivity index (χ3n) is 9.13. The second-order valence-corrected chi connectivity index (χ2v) is 13.1. The SMILES string of the molecule is c1ccc(-c2nc(-c3ccccc3)nc(-c3cccc4oc5cc(-c6ccc7ccc8c9ccccc9sc8c7c6)ccc5c34)n2)cc1. The lowest BCUT2D eigenvalue weighted by molar-refractivity contribution is 0.669. The second-order valence-electron chi connectivity index (χ2n) is 12.0. The van der Waals surface area contributed by atoms with E-state index in [1.807, 2.05) is 84.1 Å². The molecule has 3 heterocycles. The van der Waals surface area contributed by atoms with Crippen molar-refractivity contribution in [3.63, 3.8) is 0 Å². The molecule has 0 aliphatic heterocycles. The van der Waals surface area contributed by atoms with Gasteiger partial charge in [-0.2, -0.15) is 0 Å². The van der Waals surface area contributed by atoms with Crippen molar-refractivity contribution in [3.05, 3.63) is 152 Å². The highest BCUT2D eigenvalue weighted by molar-refractivity contribution is 7.26. The molecule has 0 aliphatic carbocycles. The van der Waals surface area contributed by atoms with Crippen LogP contribution in [0, 0.1) is 0 Å². The summed E-state index contributed by atoms with van der Waals surface area (Å²) in [7, 11) is 0. The molecule has 0 radical (unpaired) electrons. The molecule has 0 fully saturated rings. The maximum atomic E-state index is 6.53. The Hall–Kier alpha value is -6.17. The molecular weight excluding hydrogens is 607 g/mol. The fraction of sp³-hybridized carbons (Fsp3) is 0. The monoisotopic (exact) mass is 631 g/mol. The van der Waals surface area contributed by atoms with Crippen LogP contribution in [-0.4, -0.2) is 15.0 Å². The minimum Gasteiger partial charge on any atom is -0.456 e. The van der Waals surface area contributed by atoms with Gasteiger partial charge in [-0.15, -0.1) is 11.3 Å². The molecule has 0 aliphatic rings. The Kier molecular flexibility index (Phi) is 6.01. The van der Waals surface area contributed by atoms with Crippen molar-refractivity contribution in [2.45, 2.75) is 0 Å². The van der Waals surface area contributed by atoms with Crippen molar-refractivity contribution >= 4 is 64.2 Å². The van der Waals surface area contributed by atoms with Gasteiger partial charge < -0.3 is 4.42 Å². The maximum absolute atomic E-state index is 6.53. The summed E-state index contributed by atoms with van der Waals surface area (Å²) < 4.78 is 9.18. The number of hydrogen-bond acceptors (Lipinski definition) is 5. The molecular formula is C43H25N3OS. The van der Waals surface area contributed by atoms with Gasteiger partial charge in [-0.05, 0) is 46.8 Å². The molecule has 7 aromatic carbocycles. The standard InChI is InChI=1S/C43H25N3OS/c1-3-10-27(11-4-1)41-44-42(28-12-5-2-6-13-28)46-43(45-41)34-15-9-16-36-39(34)33-23-21-30(25-37(33)47-36)29-19-18-26-20-22-32-31-14-7-8-17-38(31)48-40(32)35(26)24-29/h1-25H. The zero-order chi connectivity index (χ0) is 31.6. The molecule has 0 unspecified atom stereocenters. The van der Waals surface area contributed by atoms with E-state index in [9.17, 15) is 0 Å². The van der Waals surface area contributed by atoms with Crippen LogP contribution in [0.4, 0.5) is 0 Å². The number of rotatable bonds is 4. The van der Waals surface area contributed by atoms with E-state index in [2.05, 4.69) is 78.9 Å². The fourth-order valence-corrected chi connectivity index (χ4v) is 8.03. The molecule has 0 spiro atoms. The lowest BCUT2D eigenvalue weighted by atomic mass is 9.98. The summed E-state index contributed by atoms with van der Waals surface area (Å²) in [5.41, 5.74) is 6.69. The zero-order valence-corrected chi connectivity index (χ0v) is 26.4. The fourth-order valence-electron chi connectivity index (χ4n) is 6.80. The molecule has 0 atom stereocenters. The molecule has 0 N–H and O–H groups in total. The lowest BCUT2D eigenvalue weighted by Gasteiger charge is -2.09. The molecule has 0 saturated heterocycles. The van der Waals surface area contributed by atoms with Crippen LogP contribution in [0.25, 0.3) is 98.2 Å². The molecule has 0 bridgehead atoms. The molecule has 10 rings (SSSR count). The van der Waals surface area contributed by atoms with Crippen LogP contribution in [0.5, 0.6) is 0 Å². The average molecular weight is 632 g/mol. The van der Waals surface area contributed by atoms with Gasteiger partial charge in [-0.1, -0.05) is 121 Å². The molecule has 0 saturated carbocycles. The molecule has 224 valence electrons. The number of hydrogen-bond donors (Lipinski definition) is 0. The van der Waals surface area contributed by atoms with Crippen molar-refractivity contribution in [2.24, 2.45) is 0 Å². The summed E-state index contributed by atoms with van der Waals surface area (Å²) in [4.78, 5) is 14.9. The first kappa shape index (κ1) is 27.0. The lowest BCUT2D eigenvalue weighted by Crippen LogP contribution is -2.00. The van der Waals surface area contributed by atoms with E-state index in [1.54, 1.807) is 0 Å². The summed E-state index contributed by atoms with van der Waals surface area (Å²) in [5, 5.41) is 7.17. The second kappa shape index (κ2) is 10.7. The number of benzene rings is 7. The van der Waals surface area contributed by atoms with Crippen molar-refractivity contribution < 1.29 is 4.42 Å². The van der Waals surface area contributed by atoms with Crippen LogP contribution in [0.15, 0.2) is 156 Å². The highest BCUT2D eigenvalue weighted by Gasteiger charge is 2.18. The summed E-state index contributed by atoms with van der Waals surface area (Å²) in [6, 6.07) is 52.7. The van der Waals surface area contributed by atoms with Crippen LogP contribution >= 0.6 is 11.3 Å². The molecule has 4 nitrogen and oxygen atoms in total. The summed E-state index contributed by atoms with van der Waals surface area (Å²) in [6.07, 6.45) is 0. The van der Waals surface area contributed by atoms with Crippen LogP contribution < -0.4 is 0 Å². The van der Waals surface area contributed by atoms with Gasteiger partial charge in [0, 0.05) is 53.0 Å². The smallest absolute Gasteiger partial charge is 0.164 e. The van der Waals surface area contributed by atoms with Crippen LogP contribution in [0.3, 0.4) is 0 Å². The van der Waals surface area contributed by atoms with Crippen molar-refractivity contribution in [3.8, 4) is 45.3 Å². The van der Waals surface area contributed by atoms with Crippen molar-refractivity contribution in [2.75, 3.05) is 0 Å². The highest BCUT2D eigenvalue weighted by Crippen LogP contribution is 2.41. The van der Waals surface area contributed by atoms with Gasteiger partial charge in [0.2, 0.25) is 0 Å². The third kappa shape index (κ3) is 4.33. The molecule has 5 heteroatoms. The summed E-state index contributed by atoms with van der Waals surface area (Å²) in [5.74, 6) is 1.88. The molecule has 3 aromatic heterocycles. The van der Waals surface area contributed by atoms with Gasteiger partial charge in [-0.3, -0.25) is 0 Å². The van der Waals surface area contributed by atoms with E-state index in [-0.39, 0.29) is 0 Å². The first-order valence-electron chi connectivity index (χ1n) is 15.9. The van der Waals surface area contributed by atoms with E-state index in [4.69, 9.17) is 19.4 Å². The van der Waals surface area contributed by atoms with Crippen LogP contribution in [0.2, 0.25) is 0 Å². The highest BCUT2D eigenvalue weighted by atomic mass is 32.1. The number of fused-ring (bicyclic) bond motifs is 8. The predicted octanol–water partition coefficient (Wildman–Crippen LogP) is 12.0. The van der Waals surface area contributed by atoms with Gasteiger partial charge in [0.15, 0.2) is 17.5 Å². The normalized spacial score (nSPS) is 11.8.